The Morgan fingerprint density at radius 3 is 2.22 bits per heavy atom. The lowest BCUT2D eigenvalue weighted by molar-refractivity contribution is 0.443. The summed E-state index contributed by atoms with van der Waals surface area (Å²) in [6, 6.07) is 16.4. The Morgan fingerprint density at radius 2 is 1.59 bits per heavy atom. The van der Waals surface area contributed by atoms with Gasteiger partial charge in [0.15, 0.2) is 0 Å². The third-order valence-corrected chi connectivity index (χ3v) is 6.39. The summed E-state index contributed by atoms with van der Waals surface area (Å²) in [5.41, 5.74) is 8.46. The van der Waals surface area contributed by atoms with Gasteiger partial charge in [-0.15, -0.1) is 0 Å². The van der Waals surface area contributed by atoms with E-state index in [0.29, 0.717) is 11.8 Å². The van der Waals surface area contributed by atoms with E-state index in [0.717, 1.165) is 12.3 Å². The van der Waals surface area contributed by atoms with Crippen LogP contribution in [0, 0.1) is 18.8 Å². The van der Waals surface area contributed by atoms with Crippen LogP contribution in [0.5, 0.6) is 0 Å². The van der Waals surface area contributed by atoms with Crippen LogP contribution in [-0.2, 0) is 6.42 Å². The molecule has 0 nitrogen and oxygen atoms in total. The molecule has 1 atom stereocenters. The molecule has 27 heavy (non-hydrogen) atoms. The topological polar surface area (TPSA) is 0 Å². The first-order chi connectivity index (χ1) is 12.9. The van der Waals surface area contributed by atoms with Crippen LogP contribution in [0.3, 0.4) is 0 Å². The lowest BCUT2D eigenvalue weighted by Crippen LogP contribution is -2.09. The summed E-state index contributed by atoms with van der Waals surface area (Å²) in [5, 5.41) is 0. The third-order valence-electron chi connectivity index (χ3n) is 6.39. The molecule has 0 amide bonds. The molecule has 144 valence electrons. The maximum Gasteiger partial charge on any atom is -0.0162 e. The van der Waals surface area contributed by atoms with Crippen LogP contribution < -0.4 is 0 Å². The van der Waals surface area contributed by atoms with Crippen molar-refractivity contribution >= 4 is 0 Å². The molecule has 0 aromatic heterocycles. The molecule has 2 aromatic carbocycles. The molecule has 0 bridgehead atoms. The summed E-state index contributed by atoms with van der Waals surface area (Å²) in [7, 11) is 0. The maximum absolute atomic E-state index is 4.35. The van der Waals surface area contributed by atoms with E-state index in [-0.39, 0.29) is 0 Å². The first-order valence-corrected chi connectivity index (χ1v) is 10.8. The average Bonchev–Trinajstić information content (AvgIpc) is 2.68. The largest absolute Gasteiger partial charge is 0.0993 e. The Balaban J connectivity index is 1.94. The highest BCUT2D eigenvalue weighted by Crippen LogP contribution is 2.36. The Bertz CT molecular complexity index is 757. The van der Waals surface area contributed by atoms with Crippen molar-refractivity contribution in [1.29, 1.82) is 0 Å². The van der Waals surface area contributed by atoms with E-state index >= 15 is 0 Å². The van der Waals surface area contributed by atoms with Gasteiger partial charge in [-0.05, 0) is 66.2 Å². The monoisotopic (exact) mass is 360 g/mol. The molecule has 0 radical (unpaired) electrons. The highest BCUT2D eigenvalue weighted by Gasteiger charge is 2.18. The van der Waals surface area contributed by atoms with Gasteiger partial charge in [0.2, 0.25) is 0 Å². The first-order valence-electron chi connectivity index (χ1n) is 10.8. The summed E-state index contributed by atoms with van der Waals surface area (Å²) >= 11 is 0. The maximum atomic E-state index is 4.35. The lowest BCUT2D eigenvalue weighted by atomic mass is 9.81. The number of hydrogen-bond donors (Lipinski definition) is 0. The number of benzene rings is 2. The smallest absolute Gasteiger partial charge is 0.0162 e. The molecule has 0 N–H and O–H groups in total. The summed E-state index contributed by atoms with van der Waals surface area (Å²) in [4.78, 5) is 0. The zero-order chi connectivity index (χ0) is 19.4. The van der Waals surface area contributed by atoms with E-state index < -0.39 is 0 Å². The van der Waals surface area contributed by atoms with E-state index in [9.17, 15) is 0 Å². The van der Waals surface area contributed by atoms with Crippen LogP contribution in [0.1, 0.15) is 75.5 Å². The zero-order valence-corrected chi connectivity index (χ0v) is 17.7. The van der Waals surface area contributed by atoms with Crippen LogP contribution in [-0.4, -0.2) is 0 Å². The van der Waals surface area contributed by atoms with E-state index in [1.807, 2.05) is 0 Å². The predicted octanol–water partition coefficient (Wildman–Crippen LogP) is 8.10. The normalized spacial score (nSPS) is 16.5. The van der Waals surface area contributed by atoms with Crippen LogP contribution in [0.4, 0.5) is 0 Å². The van der Waals surface area contributed by atoms with Gasteiger partial charge in [-0.1, -0.05) is 100 Å². The van der Waals surface area contributed by atoms with Gasteiger partial charge in [-0.3, -0.25) is 0 Å². The van der Waals surface area contributed by atoms with Crippen LogP contribution >= 0.6 is 0 Å². The Kier molecular flexibility index (Phi) is 6.58. The van der Waals surface area contributed by atoms with Gasteiger partial charge in [0.1, 0.15) is 0 Å². The van der Waals surface area contributed by atoms with Crippen LogP contribution in [0.25, 0.3) is 11.1 Å². The van der Waals surface area contributed by atoms with E-state index in [4.69, 9.17) is 0 Å². The predicted molar refractivity (Wildman–Crippen MR) is 119 cm³/mol. The molecule has 0 unspecified atom stereocenters. The second-order valence-electron chi connectivity index (χ2n) is 9.00. The molecule has 1 fully saturated rings. The van der Waals surface area contributed by atoms with Gasteiger partial charge in [0.25, 0.3) is 0 Å². The Morgan fingerprint density at radius 1 is 0.926 bits per heavy atom. The number of aryl methyl sites for hydroxylation is 1. The van der Waals surface area contributed by atoms with E-state index in [2.05, 4.69) is 76.7 Å². The molecule has 1 saturated carbocycles. The summed E-state index contributed by atoms with van der Waals surface area (Å²) < 4.78 is 0. The van der Waals surface area contributed by atoms with Crippen molar-refractivity contribution in [2.45, 2.75) is 72.1 Å². The first kappa shape index (κ1) is 19.9. The van der Waals surface area contributed by atoms with Gasteiger partial charge in [0, 0.05) is 0 Å². The highest BCUT2D eigenvalue weighted by atomic mass is 14.2. The van der Waals surface area contributed by atoms with Gasteiger partial charge in [0.05, 0.1) is 0 Å². The lowest BCUT2D eigenvalue weighted by Gasteiger charge is -2.24. The molecular weight excluding hydrogens is 324 g/mol. The van der Waals surface area contributed by atoms with Gasteiger partial charge in [-0.2, -0.15) is 0 Å². The van der Waals surface area contributed by atoms with E-state index in [1.165, 1.54) is 59.9 Å². The number of allylic oxidation sites excluding steroid dienone is 1. The Labute approximate surface area is 166 Å². The SMILES string of the molecule is C=C(C(C)C)[C@H](C)Cc1cc(-c2ccc(C)cc2)cc(C2CCCCC2)c1. The minimum absolute atomic E-state index is 0.525. The average molecular weight is 361 g/mol. The fourth-order valence-corrected chi connectivity index (χ4v) is 4.47. The van der Waals surface area contributed by atoms with Crippen molar-refractivity contribution in [3.63, 3.8) is 0 Å². The fourth-order valence-electron chi connectivity index (χ4n) is 4.47. The second-order valence-corrected chi connectivity index (χ2v) is 9.00. The van der Waals surface area contributed by atoms with Crippen molar-refractivity contribution in [3.8, 4) is 11.1 Å². The molecule has 0 saturated heterocycles. The molecule has 2 aromatic rings. The molecular formula is C27H36. The molecule has 1 aliphatic carbocycles. The Hall–Kier alpha value is -1.82. The summed E-state index contributed by atoms with van der Waals surface area (Å²) in [6.45, 7) is 13.4. The molecule has 3 rings (SSSR count). The molecule has 1 aliphatic rings. The molecule has 0 heterocycles. The van der Waals surface area contributed by atoms with Crippen LogP contribution in [0.2, 0.25) is 0 Å². The molecule has 0 aliphatic heterocycles. The fraction of sp³-hybridized carbons (Fsp3) is 0.481. The highest BCUT2D eigenvalue weighted by molar-refractivity contribution is 5.66. The van der Waals surface area contributed by atoms with Gasteiger partial charge < -0.3 is 0 Å². The molecule has 0 spiro atoms. The number of rotatable bonds is 6. The molecule has 0 heteroatoms. The number of hydrogen-bond acceptors (Lipinski definition) is 0. The quantitative estimate of drug-likeness (QED) is 0.456. The summed E-state index contributed by atoms with van der Waals surface area (Å²) in [6.07, 6.45) is 7.98. The summed E-state index contributed by atoms with van der Waals surface area (Å²) in [5.74, 6) is 1.82. The third kappa shape index (κ3) is 5.12. The van der Waals surface area contributed by atoms with Crippen molar-refractivity contribution in [2.24, 2.45) is 11.8 Å². The van der Waals surface area contributed by atoms with Crippen LogP contribution in [0.15, 0.2) is 54.6 Å². The van der Waals surface area contributed by atoms with E-state index in [1.54, 1.807) is 5.56 Å². The van der Waals surface area contributed by atoms with Crippen molar-refractivity contribution in [1.82, 2.24) is 0 Å². The van der Waals surface area contributed by atoms with Crippen molar-refractivity contribution < 1.29 is 0 Å². The standard InChI is InChI=1S/C27H36/c1-19(2)22(5)21(4)15-23-16-26(24-9-7-6-8-10-24)18-27(17-23)25-13-11-20(3)12-14-25/h11-14,16-19,21,24H,5-10,15H2,1-4H3/t21-/m1/s1. The van der Waals surface area contributed by atoms with Crippen molar-refractivity contribution in [3.05, 3.63) is 71.3 Å². The minimum atomic E-state index is 0.525. The second kappa shape index (κ2) is 8.91. The van der Waals surface area contributed by atoms with Gasteiger partial charge >= 0.3 is 0 Å². The van der Waals surface area contributed by atoms with Gasteiger partial charge in [-0.25, -0.2) is 0 Å². The zero-order valence-electron chi connectivity index (χ0n) is 17.7. The van der Waals surface area contributed by atoms with Crippen molar-refractivity contribution in [2.75, 3.05) is 0 Å². The minimum Gasteiger partial charge on any atom is -0.0993 e.